The van der Waals surface area contributed by atoms with Gasteiger partial charge in [-0.1, -0.05) is 20.8 Å². The van der Waals surface area contributed by atoms with E-state index in [-0.39, 0.29) is 0 Å². The Balaban J connectivity index is 0. The lowest BCUT2D eigenvalue weighted by molar-refractivity contribution is -0.129. The Kier molecular flexibility index (Phi) is 12.2. The predicted molar refractivity (Wildman–Crippen MR) is 66.5 cm³/mol. The zero-order chi connectivity index (χ0) is 12.3. The Hall–Kier alpha value is -0.970. The summed E-state index contributed by atoms with van der Waals surface area (Å²) in [6, 6.07) is 0. The Morgan fingerprint density at radius 1 is 1.33 bits per heavy atom. The lowest BCUT2D eigenvalue weighted by atomic mass is 10.4. The molecule has 1 fully saturated rings. The van der Waals surface area contributed by atoms with E-state index in [2.05, 4.69) is 11.8 Å². The minimum absolute atomic E-state index is 0.296. The third-order valence-electron chi connectivity index (χ3n) is 1.72. The molecule has 1 saturated carbocycles. The monoisotopic (exact) mass is 211 g/mol. The summed E-state index contributed by atoms with van der Waals surface area (Å²) in [5.74, 6) is 6.30. The molecule has 0 aromatic rings. The van der Waals surface area contributed by atoms with E-state index < -0.39 is 0 Å². The van der Waals surface area contributed by atoms with Crippen molar-refractivity contribution in [2.75, 3.05) is 14.1 Å². The molecular formula is C13H25NO. The zero-order valence-corrected chi connectivity index (χ0v) is 11.1. The fraction of sp³-hybridized carbons (Fsp3) is 0.769. The van der Waals surface area contributed by atoms with Gasteiger partial charge in [0.2, 0.25) is 5.91 Å². The molecule has 88 valence electrons. The molecule has 0 heterocycles. The maximum Gasteiger partial charge on any atom is 0.225 e. The summed E-state index contributed by atoms with van der Waals surface area (Å²) in [6.45, 7) is 7.89. The maximum atomic E-state index is 10.8. The molecule has 0 spiro atoms. The molecule has 0 aromatic carbocycles. The van der Waals surface area contributed by atoms with Crippen LogP contribution in [0.4, 0.5) is 0 Å². The van der Waals surface area contributed by atoms with Crippen LogP contribution in [-0.4, -0.2) is 24.9 Å². The highest BCUT2D eigenvalue weighted by Crippen LogP contribution is 2.29. The van der Waals surface area contributed by atoms with Gasteiger partial charge in [0.1, 0.15) is 0 Å². The number of carbonyl (C=O) groups excluding carboxylic acids is 1. The first-order valence-electron chi connectivity index (χ1n) is 5.74. The van der Waals surface area contributed by atoms with Crippen LogP contribution in [0, 0.1) is 17.8 Å². The largest absolute Gasteiger partial charge is 0.349 e. The van der Waals surface area contributed by atoms with Crippen LogP contribution in [0.15, 0.2) is 0 Å². The topological polar surface area (TPSA) is 20.3 Å². The summed E-state index contributed by atoms with van der Waals surface area (Å²) in [6.07, 6.45) is 3.20. The van der Waals surface area contributed by atoms with Gasteiger partial charge in [-0.2, -0.15) is 0 Å². The quantitative estimate of drug-likeness (QED) is 0.611. The van der Waals surface area contributed by atoms with Crippen LogP contribution in [0.5, 0.6) is 0 Å². The van der Waals surface area contributed by atoms with Gasteiger partial charge in [0, 0.05) is 26.4 Å². The van der Waals surface area contributed by atoms with Gasteiger partial charge in [-0.3, -0.25) is 4.79 Å². The van der Waals surface area contributed by atoms with Crippen molar-refractivity contribution in [2.45, 2.75) is 47.0 Å². The lowest BCUT2D eigenvalue weighted by Gasteiger charge is -2.07. The summed E-state index contributed by atoms with van der Waals surface area (Å²) < 4.78 is 0. The Labute approximate surface area is 95.0 Å². The van der Waals surface area contributed by atoms with Crippen molar-refractivity contribution in [3.63, 3.8) is 0 Å². The van der Waals surface area contributed by atoms with Gasteiger partial charge >= 0.3 is 0 Å². The molecule has 0 N–H and O–H groups in total. The normalized spacial score (nSPS) is 11.9. The summed E-state index contributed by atoms with van der Waals surface area (Å²) >= 11 is 0. The molecular weight excluding hydrogens is 186 g/mol. The van der Waals surface area contributed by atoms with Gasteiger partial charge in [0.15, 0.2) is 0 Å². The molecule has 1 aliphatic rings. The van der Waals surface area contributed by atoms with E-state index in [9.17, 15) is 4.79 Å². The zero-order valence-electron chi connectivity index (χ0n) is 11.1. The van der Waals surface area contributed by atoms with Crippen molar-refractivity contribution in [1.82, 2.24) is 4.90 Å². The molecule has 0 aliphatic heterocycles. The summed E-state index contributed by atoms with van der Waals surface area (Å²) in [5.41, 5.74) is 0. The van der Waals surface area contributed by atoms with E-state index in [1.807, 2.05) is 27.7 Å². The van der Waals surface area contributed by atoms with Gasteiger partial charge < -0.3 is 4.90 Å². The van der Waals surface area contributed by atoms with E-state index in [0.29, 0.717) is 11.8 Å². The molecule has 1 rings (SSSR count). The van der Waals surface area contributed by atoms with Crippen molar-refractivity contribution >= 4 is 5.91 Å². The average molecular weight is 211 g/mol. The van der Waals surface area contributed by atoms with Crippen LogP contribution in [0.3, 0.4) is 0 Å². The Bertz CT molecular complexity index is 202. The summed E-state index contributed by atoms with van der Waals surface area (Å²) in [5, 5.41) is 0. The van der Waals surface area contributed by atoms with E-state index in [1.54, 1.807) is 19.0 Å². The summed E-state index contributed by atoms with van der Waals surface area (Å²) in [4.78, 5) is 12.5. The number of hydrogen-bond acceptors (Lipinski definition) is 1. The van der Waals surface area contributed by atoms with Crippen LogP contribution in [0.1, 0.15) is 47.0 Å². The van der Waals surface area contributed by atoms with Gasteiger partial charge in [-0.25, -0.2) is 0 Å². The first-order valence-corrected chi connectivity index (χ1v) is 5.74. The molecule has 2 heteroatoms. The fourth-order valence-corrected chi connectivity index (χ4v) is 0.872. The molecule has 0 bridgehead atoms. The van der Waals surface area contributed by atoms with Crippen molar-refractivity contribution in [1.29, 1.82) is 0 Å². The third kappa shape index (κ3) is 11.0. The van der Waals surface area contributed by atoms with Crippen molar-refractivity contribution in [3.05, 3.63) is 0 Å². The van der Waals surface area contributed by atoms with Crippen LogP contribution < -0.4 is 0 Å². The second kappa shape index (κ2) is 11.1. The third-order valence-corrected chi connectivity index (χ3v) is 1.72. The highest BCUT2D eigenvalue weighted by atomic mass is 16.2. The first kappa shape index (κ1) is 16.5. The molecule has 1 amide bonds. The number of rotatable bonds is 1. The molecule has 0 aromatic heterocycles. The summed E-state index contributed by atoms with van der Waals surface area (Å²) in [7, 11) is 3.61. The second-order valence-corrected chi connectivity index (χ2v) is 3.29. The van der Waals surface area contributed by atoms with Crippen LogP contribution in [0.2, 0.25) is 0 Å². The first-order chi connectivity index (χ1) is 7.13. The fourth-order valence-electron chi connectivity index (χ4n) is 0.872. The Morgan fingerprint density at radius 2 is 1.80 bits per heavy atom. The van der Waals surface area contributed by atoms with Gasteiger partial charge in [-0.15, -0.1) is 11.8 Å². The minimum atomic E-state index is 0.296. The standard InChI is InChI=1S/C6H11NO.C5H8.C2H6/c1-7(2)6(8)5-3-4-5;1-3-5-4-2;1-2/h5H,3-4H2,1-2H3;3H2,1-2H3;1-2H3. The molecule has 0 radical (unpaired) electrons. The SMILES string of the molecule is CC.CC#CCC.CN(C)C(=O)C1CC1. The van der Waals surface area contributed by atoms with Crippen LogP contribution >= 0.6 is 0 Å². The molecule has 0 atom stereocenters. The average Bonchev–Trinajstić information content (AvgIpc) is 3.05. The maximum absolute atomic E-state index is 10.8. The molecule has 1 aliphatic carbocycles. The van der Waals surface area contributed by atoms with Gasteiger partial charge in [-0.05, 0) is 19.8 Å². The van der Waals surface area contributed by atoms with E-state index >= 15 is 0 Å². The highest BCUT2D eigenvalue weighted by molar-refractivity contribution is 5.80. The van der Waals surface area contributed by atoms with Crippen molar-refractivity contribution < 1.29 is 4.79 Å². The van der Waals surface area contributed by atoms with E-state index in [0.717, 1.165) is 19.3 Å². The molecule has 0 unspecified atom stereocenters. The van der Waals surface area contributed by atoms with E-state index in [1.165, 1.54) is 0 Å². The minimum Gasteiger partial charge on any atom is -0.349 e. The Morgan fingerprint density at radius 3 is 1.87 bits per heavy atom. The number of carbonyl (C=O) groups is 1. The van der Waals surface area contributed by atoms with E-state index in [4.69, 9.17) is 0 Å². The lowest BCUT2D eigenvalue weighted by Crippen LogP contribution is -2.22. The molecule has 2 nitrogen and oxygen atoms in total. The number of nitrogens with zero attached hydrogens (tertiary/aromatic N) is 1. The van der Waals surface area contributed by atoms with Crippen LogP contribution in [0.25, 0.3) is 0 Å². The molecule has 15 heavy (non-hydrogen) atoms. The second-order valence-electron chi connectivity index (χ2n) is 3.29. The van der Waals surface area contributed by atoms with Crippen LogP contribution in [-0.2, 0) is 4.79 Å². The smallest absolute Gasteiger partial charge is 0.225 e. The molecule has 0 saturated heterocycles. The highest BCUT2D eigenvalue weighted by Gasteiger charge is 2.30. The van der Waals surface area contributed by atoms with Crippen molar-refractivity contribution in [2.24, 2.45) is 5.92 Å². The van der Waals surface area contributed by atoms with Gasteiger partial charge in [0.25, 0.3) is 0 Å². The predicted octanol–water partition coefficient (Wildman–Crippen LogP) is 2.93. The number of hydrogen-bond donors (Lipinski definition) is 0. The van der Waals surface area contributed by atoms with Crippen molar-refractivity contribution in [3.8, 4) is 11.8 Å². The van der Waals surface area contributed by atoms with Gasteiger partial charge in [0.05, 0.1) is 0 Å². The number of amides is 1.